The van der Waals surface area contributed by atoms with Crippen molar-refractivity contribution in [1.82, 2.24) is 50.8 Å². The van der Waals surface area contributed by atoms with Gasteiger partial charge >= 0.3 is 6.43 Å². The number of hydrogen-bond donors (Lipinski definition) is 5. The lowest BCUT2D eigenvalue weighted by Gasteiger charge is -2.21. The second-order valence-electron chi connectivity index (χ2n) is 14.5. The van der Waals surface area contributed by atoms with E-state index in [1.54, 1.807) is 73.1 Å². The van der Waals surface area contributed by atoms with Crippen molar-refractivity contribution in [2.24, 2.45) is 0 Å². The molecular formula is C42H38F4N14O5S2. The Balaban J connectivity index is 0.000000200. The number of benzene rings is 4. The van der Waals surface area contributed by atoms with Gasteiger partial charge in [0, 0.05) is 24.8 Å². The summed E-state index contributed by atoms with van der Waals surface area (Å²) >= 11 is 0. The Morgan fingerprint density at radius 3 is 1.45 bits per heavy atom. The van der Waals surface area contributed by atoms with E-state index in [0.29, 0.717) is 52.7 Å². The molecule has 4 aromatic carbocycles. The van der Waals surface area contributed by atoms with Crippen LogP contribution in [0.3, 0.4) is 0 Å². The first kappa shape index (κ1) is 47.0. The van der Waals surface area contributed by atoms with Crippen molar-refractivity contribution in [3.8, 4) is 22.8 Å². The lowest BCUT2D eigenvalue weighted by Crippen LogP contribution is -2.17. The maximum absolute atomic E-state index is 13.5. The maximum atomic E-state index is 13.5. The van der Waals surface area contributed by atoms with E-state index in [2.05, 4.69) is 70.8 Å². The highest BCUT2D eigenvalue weighted by Crippen LogP contribution is 2.30. The van der Waals surface area contributed by atoms with Gasteiger partial charge in [-0.25, -0.2) is 45.6 Å². The topological polar surface area (TPSA) is 261 Å². The molecule has 8 aromatic rings. The lowest BCUT2D eigenvalue weighted by atomic mass is 9.98. The highest BCUT2D eigenvalue weighted by Gasteiger charge is 2.21. The molecule has 0 saturated carbocycles. The first-order valence-electron chi connectivity index (χ1n) is 19.7. The summed E-state index contributed by atoms with van der Waals surface area (Å²) < 4.78 is 109. The summed E-state index contributed by atoms with van der Waals surface area (Å²) in [5, 5.41) is 26.9. The van der Waals surface area contributed by atoms with E-state index in [9.17, 15) is 34.4 Å². The largest absolute Gasteiger partial charge is 0.415 e. The number of H-pyrrole nitrogens is 1. The Hall–Kier alpha value is -7.93. The summed E-state index contributed by atoms with van der Waals surface area (Å²) in [7, 11) is -6.97. The van der Waals surface area contributed by atoms with Crippen LogP contribution in [0.2, 0.25) is 0 Å². The summed E-state index contributed by atoms with van der Waals surface area (Å²) in [5.74, 6) is -0.831. The molecule has 25 heteroatoms. The van der Waals surface area contributed by atoms with E-state index in [0.717, 1.165) is 23.6 Å². The molecule has 4 aromatic heterocycles. The number of anilines is 4. The predicted octanol–water partition coefficient (Wildman–Crippen LogP) is 6.93. The number of halogens is 4. The van der Waals surface area contributed by atoms with Crippen LogP contribution >= 0.6 is 0 Å². The quantitative estimate of drug-likeness (QED) is 0.0579. The van der Waals surface area contributed by atoms with Crippen molar-refractivity contribution < 1.29 is 38.8 Å². The minimum absolute atomic E-state index is 0.150. The van der Waals surface area contributed by atoms with Gasteiger partial charge < -0.3 is 15.1 Å². The molecule has 0 saturated heterocycles. The van der Waals surface area contributed by atoms with E-state index in [4.69, 9.17) is 4.42 Å². The molecule has 8 rings (SSSR count). The predicted molar refractivity (Wildman–Crippen MR) is 238 cm³/mol. The molecular weight excluding hydrogens is 921 g/mol. The number of aromatic amines is 1. The number of tetrazole rings is 1. The molecule has 0 aliphatic carbocycles. The summed E-state index contributed by atoms with van der Waals surface area (Å²) in [4.78, 5) is 17.0. The second kappa shape index (κ2) is 20.9. The Bertz CT molecular complexity index is 3100. The molecule has 5 N–H and O–H groups in total. The third-order valence-electron chi connectivity index (χ3n) is 9.41. The molecule has 0 amide bonds. The molecule has 0 aliphatic rings. The number of para-hydroxylation sites is 2. The zero-order valence-corrected chi connectivity index (χ0v) is 36.7. The normalized spacial score (nSPS) is 12.4. The molecule has 0 aliphatic heterocycles. The Kier molecular flexibility index (Phi) is 14.7. The average Bonchev–Trinajstić information content (AvgIpc) is 4.02. The van der Waals surface area contributed by atoms with Crippen molar-refractivity contribution >= 4 is 43.3 Å². The lowest BCUT2D eigenvalue weighted by molar-refractivity contribution is 0.116. The summed E-state index contributed by atoms with van der Waals surface area (Å²) in [6.07, 6.45) is 5.73. The fourth-order valence-corrected chi connectivity index (χ4v) is 7.59. The summed E-state index contributed by atoms with van der Waals surface area (Å²) in [5.41, 5.74) is 4.63. The van der Waals surface area contributed by atoms with E-state index in [1.165, 1.54) is 36.7 Å². The Morgan fingerprint density at radius 1 is 0.597 bits per heavy atom. The maximum Gasteiger partial charge on any atom is 0.314 e. The Labute approximate surface area is 380 Å². The first-order valence-corrected chi connectivity index (χ1v) is 23.5. The highest BCUT2D eigenvalue weighted by atomic mass is 32.2. The first-order chi connectivity index (χ1) is 32.0. The minimum atomic E-state index is -3.51. The monoisotopic (exact) mass is 958 g/mol. The molecule has 0 spiro atoms. The van der Waals surface area contributed by atoms with Gasteiger partial charge in [-0.1, -0.05) is 60.7 Å². The van der Waals surface area contributed by atoms with Crippen LogP contribution in [0.15, 0.2) is 126 Å². The SMILES string of the molecule is CS(=O)(=O)Nc1ccccc1CC(Nc1ncc(-c2nn[nH]n2)cn1)c1ccc(F)cc1.CS(=O)(=O)Nc1ccccc1CC(Nc1ncc(-c2nnc(C(F)F)o2)cn1)c1ccc(F)cc1. The number of sulfonamides is 2. The van der Waals surface area contributed by atoms with Gasteiger partial charge in [0.25, 0.3) is 11.8 Å². The van der Waals surface area contributed by atoms with Gasteiger partial charge in [0.15, 0.2) is 0 Å². The highest BCUT2D eigenvalue weighted by molar-refractivity contribution is 7.92. The van der Waals surface area contributed by atoms with Gasteiger partial charge in [-0.3, -0.25) is 9.44 Å². The molecule has 2 atom stereocenters. The smallest absolute Gasteiger partial charge is 0.314 e. The third-order valence-corrected chi connectivity index (χ3v) is 10.6. The molecule has 19 nitrogen and oxygen atoms in total. The number of nitrogens with one attached hydrogen (secondary N) is 5. The second-order valence-corrected chi connectivity index (χ2v) is 18.0. The van der Waals surface area contributed by atoms with Crippen LogP contribution < -0.4 is 20.1 Å². The number of nitrogens with zero attached hydrogens (tertiary/aromatic N) is 9. The zero-order valence-electron chi connectivity index (χ0n) is 35.1. The van der Waals surface area contributed by atoms with Gasteiger partial charge in [0.1, 0.15) is 11.6 Å². The van der Waals surface area contributed by atoms with E-state index < -0.39 is 44.2 Å². The fraction of sp³-hybridized carbons (Fsp3) is 0.167. The van der Waals surface area contributed by atoms with Crippen LogP contribution in [0.4, 0.5) is 40.8 Å². The molecule has 346 valence electrons. The van der Waals surface area contributed by atoms with Crippen molar-refractivity contribution in [1.29, 1.82) is 0 Å². The van der Waals surface area contributed by atoms with Crippen LogP contribution in [0.1, 0.15) is 46.7 Å². The fourth-order valence-electron chi connectivity index (χ4n) is 6.40. The molecule has 4 heterocycles. The number of alkyl halides is 2. The molecule has 67 heavy (non-hydrogen) atoms. The zero-order chi connectivity index (χ0) is 47.6. The van der Waals surface area contributed by atoms with Crippen LogP contribution in [-0.4, -0.2) is 80.1 Å². The van der Waals surface area contributed by atoms with Crippen LogP contribution in [0.5, 0.6) is 0 Å². The van der Waals surface area contributed by atoms with Gasteiger partial charge in [0.2, 0.25) is 37.8 Å². The Morgan fingerprint density at radius 2 is 1.04 bits per heavy atom. The molecule has 0 fully saturated rings. The van der Waals surface area contributed by atoms with Crippen LogP contribution in [-0.2, 0) is 32.9 Å². The van der Waals surface area contributed by atoms with Gasteiger partial charge in [-0.05, 0) is 76.7 Å². The summed E-state index contributed by atoms with van der Waals surface area (Å²) in [6.45, 7) is 0. The van der Waals surface area contributed by atoms with Gasteiger partial charge in [0.05, 0.1) is 47.1 Å². The van der Waals surface area contributed by atoms with E-state index in [1.807, 2.05) is 12.1 Å². The van der Waals surface area contributed by atoms with E-state index in [-0.39, 0.29) is 29.3 Å². The molecule has 0 radical (unpaired) electrons. The molecule has 0 bridgehead atoms. The van der Waals surface area contributed by atoms with Gasteiger partial charge in [-0.15, -0.1) is 20.4 Å². The average molecular weight is 959 g/mol. The van der Waals surface area contributed by atoms with Gasteiger partial charge in [-0.2, -0.15) is 14.0 Å². The number of aromatic nitrogens is 10. The van der Waals surface area contributed by atoms with Crippen molar-refractivity contribution in [3.63, 3.8) is 0 Å². The van der Waals surface area contributed by atoms with Crippen molar-refractivity contribution in [3.05, 3.63) is 162 Å². The number of hydrogen-bond acceptors (Lipinski definition) is 16. The van der Waals surface area contributed by atoms with Crippen molar-refractivity contribution in [2.75, 3.05) is 32.6 Å². The third kappa shape index (κ3) is 13.6. The standard InChI is InChI=1S/C22H19F3N6O3S.C20H19FN8O2S/c1-35(32,33)31-17-5-3-2-4-14(17)10-18(13-6-8-16(23)9-7-13)28-22-26-11-15(12-27-22)20-29-30-21(34-20)19(24)25;1-32(30,31)27-17-5-3-2-4-14(17)10-18(13-6-8-16(21)9-7-13)24-20-22-11-15(12-23-20)19-25-28-29-26-19/h2-9,11-12,18-19,31H,10H2,1H3,(H,26,27,28);2-9,11-12,18,27H,10H2,1H3,(H,22,23,24)(H,25,26,28,29). The molecule has 2 unspecified atom stereocenters. The van der Waals surface area contributed by atoms with Crippen LogP contribution in [0, 0.1) is 11.6 Å². The number of rotatable bonds is 17. The summed E-state index contributed by atoms with van der Waals surface area (Å²) in [6, 6.07) is 25.0. The van der Waals surface area contributed by atoms with E-state index >= 15 is 0 Å². The van der Waals surface area contributed by atoms with Crippen molar-refractivity contribution in [2.45, 2.75) is 31.4 Å². The van der Waals surface area contributed by atoms with Crippen LogP contribution in [0.25, 0.3) is 22.8 Å². The minimum Gasteiger partial charge on any atom is -0.415 e.